The zero-order valence-corrected chi connectivity index (χ0v) is 17.0. The third-order valence-electron chi connectivity index (χ3n) is 4.43. The van der Waals surface area contributed by atoms with E-state index in [1.807, 2.05) is 37.4 Å². The number of para-hydroxylation sites is 2. The number of H-pyrrole nitrogens is 1. The zero-order valence-electron chi connectivity index (χ0n) is 17.0. The minimum absolute atomic E-state index is 0.0347. The number of aldehydes is 1. The topological polar surface area (TPSA) is 73.3 Å². The molecule has 4 rings (SSSR count). The Balaban J connectivity index is 0.000000156. The second kappa shape index (κ2) is 10.7. The van der Waals surface area contributed by atoms with Gasteiger partial charge in [-0.15, -0.1) is 0 Å². The van der Waals surface area contributed by atoms with Gasteiger partial charge in [-0.1, -0.05) is 56.3 Å². The van der Waals surface area contributed by atoms with Gasteiger partial charge in [-0.2, -0.15) is 0 Å². The van der Waals surface area contributed by atoms with E-state index in [4.69, 9.17) is 5.11 Å². The first-order valence-electron chi connectivity index (χ1n) is 9.47. The molecule has 0 fully saturated rings. The SMILES string of the molecule is Cc1ccc(C(C)C)cc1O.O=Cc1ccccc1O.c1ccc2[nH]ccc2c1. The van der Waals surface area contributed by atoms with Crippen molar-refractivity contribution in [1.82, 2.24) is 4.98 Å². The largest absolute Gasteiger partial charge is 0.508 e. The first-order valence-corrected chi connectivity index (χ1v) is 9.47. The second-order valence-corrected chi connectivity index (χ2v) is 6.94. The fourth-order valence-corrected chi connectivity index (χ4v) is 2.57. The van der Waals surface area contributed by atoms with E-state index in [1.54, 1.807) is 18.2 Å². The average Bonchev–Trinajstić information content (AvgIpc) is 3.20. The summed E-state index contributed by atoms with van der Waals surface area (Å²) in [5.74, 6) is 0.921. The molecule has 4 nitrogen and oxygen atoms in total. The lowest BCUT2D eigenvalue weighted by Crippen LogP contribution is -1.86. The van der Waals surface area contributed by atoms with Gasteiger partial charge in [0.2, 0.25) is 0 Å². The van der Waals surface area contributed by atoms with Crippen molar-refractivity contribution in [2.75, 3.05) is 0 Å². The van der Waals surface area contributed by atoms with Gasteiger partial charge < -0.3 is 15.2 Å². The molecule has 3 N–H and O–H groups in total. The number of phenols is 2. The highest BCUT2D eigenvalue weighted by molar-refractivity contribution is 5.79. The van der Waals surface area contributed by atoms with Crippen LogP contribution in [0.4, 0.5) is 0 Å². The number of aryl methyl sites for hydroxylation is 1. The smallest absolute Gasteiger partial charge is 0.153 e. The molecule has 1 heterocycles. The number of phenolic OH excluding ortho intramolecular Hbond substituents is 2. The summed E-state index contributed by atoms with van der Waals surface area (Å²) in [6.45, 7) is 6.13. The molecule has 0 atom stereocenters. The maximum Gasteiger partial charge on any atom is 0.153 e. The van der Waals surface area contributed by atoms with Crippen LogP contribution in [0, 0.1) is 6.92 Å². The molecule has 4 heteroatoms. The van der Waals surface area contributed by atoms with Crippen LogP contribution in [-0.2, 0) is 0 Å². The Morgan fingerprint density at radius 3 is 2.14 bits per heavy atom. The fourth-order valence-electron chi connectivity index (χ4n) is 2.57. The third-order valence-corrected chi connectivity index (χ3v) is 4.43. The number of benzene rings is 3. The highest BCUT2D eigenvalue weighted by Gasteiger charge is 2.01. The summed E-state index contributed by atoms with van der Waals surface area (Å²) in [6, 6.07) is 22.5. The van der Waals surface area contributed by atoms with E-state index < -0.39 is 0 Å². The lowest BCUT2D eigenvalue weighted by atomic mass is 10.0. The van der Waals surface area contributed by atoms with Crippen LogP contribution in [-0.4, -0.2) is 21.5 Å². The van der Waals surface area contributed by atoms with Gasteiger partial charge >= 0.3 is 0 Å². The van der Waals surface area contributed by atoms with Gasteiger partial charge in [0.25, 0.3) is 0 Å². The second-order valence-electron chi connectivity index (χ2n) is 6.94. The molecule has 1 aromatic heterocycles. The van der Waals surface area contributed by atoms with E-state index in [9.17, 15) is 9.90 Å². The van der Waals surface area contributed by atoms with Crippen molar-refractivity contribution < 1.29 is 15.0 Å². The van der Waals surface area contributed by atoms with Gasteiger partial charge in [-0.05, 0) is 59.7 Å². The van der Waals surface area contributed by atoms with Crippen molar-refractivity contribution in [3.63, 3.8) is 0 Å². The molecule has 0 bridgehead atoms. The lowest BCUT2D eigenvalue weighted by molar-refractivity contribution is 0.112. The Labute approximate surface area is 171 Å². The third kappa shape index (κ3) is 6.54. The minimum Gasteiger partial charge on any atom is -0.508 e. The molecule has 0 aliphatic carbocycles. The van der Waals surface area contributed by atoms with E-state index >= 15 is 0 Å². The van der Waals surface area contributed by atoms with Crippen molar-refractivity contribution in [3.05, 3.63) is 95.7 Å². The standard InChI is InChI=1S/C10H14O.C8H7N.C7H6O2/c1-7(2)9-5-4-8(3)10(11)6-9;1-2-4-8-7(3-1)5-6-9-8;8-5-6-3-1-2-4-7(6)9/h4-7,11H,1-3H3;1-6,9H;1-5,9H. The summed E-state index contributed by atoms with van der Waals surface area (Å²) in [6.07, 6.45) is 2.57. The molecule has 0 aliphatic rings. The summed E-state index contributed by atoms with van der Waals surface area (Å²) in [5.41, 5.74) is 3.66. The van der Waals surface area contributed by atoms with Crippen LogP contribution in [0.2, 0.25) is 0 Å². The maximum atomic E-state index is 10.1. The van der Waals surface area contributed by atoms with Crippen LogP contribution >= 0.6 is 0 Å². The summed E-state index contributed by atoms with van der Waals surface area (Å²) < 4.78 is 0. The van der Waals surface area contributed by atoms with Crippen molar-refractivity contribution >= 4 is 17.2 Å². The number of carbonyl (C=O) groups is 1. The molecule has 150 valence electrons. The van der Waals surface area contributed by atoms with Gasteiger partial charge in [-0.3, -0.25) is 4.79 Å². The predicted molar refractivity (Wildman–Crippen MR) is 119 cm³/mol. The highest BCUT2D eigenvalue weighted by Crippen LogP contribution is 2.22. The highest BCUT2D eigenvalue weighted by atomic mass is 16.3. The summed E-state index contributed by atoms with van der Waals surface area (Å²) in [7, 11) is 0. The minimum atomic E-state index is 0.0347. The van der Waals surface area contributed by atoms with Gasteiger partial charge in [0, 0.05) is 11.7 Å². The molecule has 3 aromatic carbocycles. The summed E-state index contributed by atoms with van der Waals surface area (Å²) >= 11 is 0. The Morgan fingerprint density at radius 1 is 0.862 bits per heavy atom. The van der Waals surface area contributed by atoms with E-state index in [0.717, 1.165) is 5.56 Å². The van der Waals surface area contributed by atoms with Crippen LogP contribution in [0.3, 0.4) is 0 Å². The van der Waals surface area contributed by atoms with Gasteiger partial charge in [0.05, 0.1) is 5.56 Å². The number of hydrogen-bond acceptors (Lipinski definition) is 3. The Morgan fingerprint density at radius 2 is 1.55 bits per heavy atom. The normalized spacial score (nSPS) is 9.93. The van der Waals surface area contributed by atoms with Crippen LogP contribution in [0.25, 0.3) is 10.9 Å². The van der Waals surface area contributed by atoms with E-state index in [-0.39, 0.29) is 5.75 Å². The first-order chi connectivity index (χ1) is 13.9. The average molecular weight is 389 g/mol. The Kier molecular flexibility index (Phi) is 8.04. The predicted octanol–water partition coefficient (Wildman–Crippen LogP) is 6.20. The number of nitrogens with one attached hydrogen (secondary N) is 1. The van der Waals surface area contributed by atoms with Crippen molar-refractivity contribution in [2.45, 2.75) is 26.7 Å². The molecule has 29 heavy (non-hydrogen) atoms. The summed E-state index contributed by atoms with van der Waals surface area (Å²) in [4.78, 5) is 13.2. The number of aromatic nitrogens is 1. The van der Waals surface area contributed by atoms with E-state index in [2.05, 4.69) is 43.1 Å². The zero-order chi connectivity index (χ0) is 21.2. The maximum absolute atomic E-state index is 10.1. The Hall–Kier alpha value is -3.53. The molecule has 0 aliphatic heterocycles. The van der Waals surface area contributed by atoms with Gasteiger partial charge in [-0.25, -0.2) is 0 Å². The van der Waals surface area contributed by atoms with Crippen LogP contribution < -0.4 is 0 Å². The van der Waals surface area contributed by atoms with Gasteiger partial charge in [0.15, 0.2) is 6.29 Å². The number of aromatic amines is 1. The lowest BCUT2D eigenvalue weighted by Gasteiger charge is -2.06. The number of hydrogen-bond donors (Lipinski definition) is 3. The first kappa shape index (κ1) is 21.8. The molecule has 0 unspecified atom stereocenters. The van der Waals surface area contributed by atoms with Crippen LogP contribution in [0.5, 0.6) is 11.5 Å². The molecule has 0 spiro atoms. The van der Waals surface area contributed by atoms with Crippen molar-refractivity contribution in [2.24, 2.45) is 0 Å². The van der Waals surface area contributed by atoms with Gasteiger partial charge in [0.1, 0.15) is 11.5 Å². The van der Waals surface area contributed by atoms with E-state index in [0.29, 0.717) is 23.5 Å². The molecular weight excluding hydrogens is 362 g/mol. The molecule has 0 saturated carbocycles. The molecular formula is C25H27NO3. The molecule has 4 aromatic rings. The molecule has 0 radical (unpaired) electrons. The van der Waals surface area contributed by atoms with Crippen LogP contribution in [0.15, 0.2) is 79.0 Å². The monoisotopic (exact) mass is 389 g/mol. The fraction of sp³-hybridized carbons (Fsp3) is 0.160. The number of aromatic hydroxyl groups is 2. The molecule has 0 saturated heterocycles. The van der Waals surface area contributed by atoms with Crippen molar-refractivity contribution in [3.8, 4) is 11.5 Å². The van der Waals surface area contributed by atoms with E-state index in [1.165, 1.54) is 22.5 Å². The quantitative estimate of drug-likeness (QED) is 0.358. The Bertz CT molecular complexity index is 1020. The number of carbonyl (C=O) groups excluding carboxylic acids is 1. The summed E-state index contributed by atoms with van der Waals surface area (Å²) in [5, 5.41) is 19.5. The van der Waals surface area contributed by atoms with Crippen molar-refractivity contribution in [1.29, 1.82) is 0 Å². The number of fused-ring (bicyclic) bond motifs is 1. The number of rotatable bonds is 2. The molecule has 0 amide bonds. The van der Waals surface area contributed by atoms with Crippen LogP contribution in [0.1, 0.15) is 41.3 Å².